The molecule has 2 amide bonds. The quantitative estimate of drug-likeness (QED) is 0.565. The van der Waals surface area contributed by atoms with Gasteiger partial charge in [-0.3, -0.25) is 9.59 Å². The summed E-state index contributed by atoms with van der Waals surface area (Å²) in [6.45, 7) is 5.60. The Morgan fingerprint density at radius 3 is 2.50 bits per heavy atom. The second-order valence-corrected chi connectivity index (χ2v) is 7.49. The molecule has 2 aromatic rings. The van der Waals surface area contributed by atoms with Crippen LogP contribution in [0.5, 0.6) is 5.75 Å². The molecule has 0 heterocycles. The lowest BCUT2D eigenvalue weighted by atomic mass is 10.1. The normalized spacial score (nSPS) is 10.6. The van der Waals surface area contributed by atoms with Crippen molar-refractivity contribution >= 4 is 33.4 Å². The van der Waals surface area contributed by atoms with E-state index in [-0.39, 0.29) is 11.8 Å². The van der Waals surface area contributed by atoms with E-state index >= 15 is 0 Å². The van der Waals surface area contributed by atoms with E-state index in [1.807, 2.05) is 0 Å². The van der Waals surface area contributed by atoms with Gasteiger partial charge >= 0.3 is 0 Å². The standard InChI is InChI=1S/C21H25BrN2O4/c1-14(2)13-28-19-8-7-16(12-18(19)22)21(26)24-17-6-4-5-15(11-17)20(25)23-9-10-27-3/h4-8,11-12,14H,9-10,13H2,1-3H3,(H,23,25)(H,24,26). The summed E-state index contributed by atoms with van der Waals surface area (Å²) >= 11 is 3.44. The minimum atomic E-state index is -0.270. The molecule has 0 saturated carbocycles. The number of halogens is 1. The average Bonchev–Trinajstić information content (AvgIpc) is 2.67. The Morgan fingerprint density at radius 1 is 1.07 bits per heavy atom. The second-order valence-electron chi connectivity index (χ2n) is 6.63. The summed E-state index contributed by atoms with van der Waals surface area (Å²) in [6, 6.07) is 12.0. The van der Waals surface area contributed by atoms with Gasteiger partial charge in [0.25, 0.3) is 11.8 Å². The minimum absolute atomic E-state index is 0.220. The summed E-state index contributed by atoms with van der Waals surface area (Å²) in [4.78, 5) is 24.7. The van der Waals surface area contributed by atoms with Crippen molar-refractivity contribution in [3.8, 4) is 5.75 Å². The van der Waals surface area contributed by atoms with Crippen LogP contribution >= 0.6 is 15.9 Å². The lowest BCUT2D eigenvalue weighted by Gasteiger charge is -2.12. The van der Waals surface area contributed by atoms with Crippen LogP contribution in [-0.2, 0) is 4.74 Å². The number of carbonyl (C=O) groups is 2. The van der Waals surface area contributed by atoms with Crippen molar-refractivity contribution in [1.82, 2.24) is 5.32 Å². The van der Waals surface area contributed by atoms with Gasteiger partial charge in [-0.1, -0.05) is 19.9 Å². The maximum absolute atomic E-state index is 12.5. The number of anilines is 1. The van der Waals surface area contributed by atoms with Crippen molar-refractivity contribution in [2.75, 3.05) is 32.2 Å². The molecule has 0 aliphatic carbocycles. The Hall–Kier alpha value is -2.38. The number of methoxy groups -OCH3 is 1. The fourth-order valence-electron chi connectivity index (χ4n) is 2.33. The highest BCUT2D eigenvalue weighted by molar-refractivity contribution is 9.10. The van der Waals surface area contributed by atoms with Crippen molar-refractivity contribution in [3.05, 3.63) is 58.1 Å². The lowest BCUT2D eigenvalue weighted by Crippen LogP contribution is -2.27. The largest absolute Gasteiger partial charge is 0.492 e. The molecule has 0 aliphatic rings. The maximum atomic E-state index is 12.5. The van der Waals surface area contributed by atoms with Gasteiger partial charge in [0.05, 0.1) is 17.7 Å². The van der Waals surface area contributed by atoms with E-state index in [2.05, 4.69) is 40.4 Å². The highest BCUT2D eigenvalue weighted by Crippen LogP contribution is 2.27. The Bertz CT molecular complexity index is 824. The highest BCUT2D eigenvalue weighted by Gasteiger charge is 2.12. The first-order valence-corrected chi connectivity index (χ1v) is 9.81. The van der Waals surface area contributed by atoms with Gasteiger partial charge in [0, 0.05) is 30.5 Å². The lowest BCUT2D eigenvalue weighted by molar-refractivity contribution is 0.0936. The van der Waals surface area contributed by atoms with E-state index < -0.39 is 0 Å². The molecular weight excluding hydrogens is 424 g/mol. The van der Waals surface area contributed by atoms with Crippen molar-refractivity contribution in [1.29, 1.82) is 0 Å². The first kappa shape index (κ1) is 21.9. The third-order valence-corrected chi connectivity index (χ3v) is 4.36. The van der Waals surface area contributed by atoms with Crippen LogP contribution in [0.4, 0.5) is 5.69 Å². The summed E-state index contributed by atoms with van der Waals surface area (Å²) in [6.07, 6.45) is 0. The zero-order valence-electron chi connectivity index (χ0n) is 16.3. The zero-order valence-corrected chi connectivity index (χ0v) is 17.8. The number of nitrogens with one attached hydrogen (secondary N) is 2. The molecule has 7 heteroatoms. The van der Waals surface area contributed by atoms with Gasteiger partial charge < -0.3 is 20.1 Å². The Kier molecular flexibility index (Phi) is 8.47. The number of hydrogen-bond acceptors (Lipinski definition) is 4. The summed E-state index contributed by atoms with van der Waals surface area (Å²) < 4.78 is 11.3. The monoisotopic (exact) mass is 448 g/mol. The van der Waals surface area contributed by atoms with E-state index in [0.29, 0.717) is 52.7 Å². The van der Waals surface area contributed by atoms with Crippen molar-refractivity contribution in [2.24, 2.45) is 5.92 Å². The molecule has 0 aromatic heterocycles. The van der Waals surface area contributed by atoms with Gasteiger partial charge in [0.1, 0.15) is 5.75 Å². The number of carbonyl (C=O) groups excluding carboxylic acids is 2. The van der Waals surface area contributed by atoms with Crippen LogP contribution in [0.25, 0.3) is 0 Å². The number of ether oxygens (including phenoxy) is 2. The molecule has 0 radical (unpaired) electrons. The van der Waals surface area contributed by atoms with Crippen molar-refractivity contribution < 1.29 is 19.1 Å². The molecule has 0 spiro atoms. The zero-order chi connectivity index (χ0) is 20.5. The third kappa shape index (κ3) is 6.65. The number of hydrogen-bond donors (Lipinski definition) is 2. The van der Waals surface area contributed by atoms with Crippen LogP contribution in [-0.4, -0.2) is 38.7 Å². The van der Waals surface area contributed by atoms with Crippen molar-refractivity contribution in [3.63, 3.8) is 0 Å². The molecule has 0 fully saturated rings. The smallest absolute Gasteiger partial charge is 0.255 e. The van der Waals surface area contributed by atoms with Gasteiger partial charge in [0.2, 0.25) is 0 Å². The topological polar surface area (TPSA) is 76.7 Å². The second kappa shape index (κ2) is 10.8. The fourth-order valence-corrected chi connectivity index (χ4v) is 2.82. The predicted molar refractivity (Wildman–Crippen MR) is 113 cm³/mol. The minimum Gasteiger partial charge on any atom is -0.492 e. The van der Waals surface area contributed by atoms with Crippen LogP contribution in [0.15, 0.2) is 46.9 Å². The van der Waals surface area contributed by atoms with E-state index in [9.17, 15) is 9.59 Å². The van der Waals surface area contributed by atoms with Crippen LogP contribution in [0.3, 0.4) is 0 Å². The molecular formula is C21H25BrN2O4. The van der Waals surface area contributed by atoms with E-state index in [1.54, 1.807) is 49.6 Å². The van der Waals surface area contributed by atoms with Crippen LogP contribution < -0.4 is 15.4 Å². The number of benzene rings is 2. The highest BCUT2D eigenvalue weighted by atomic mass is 79.9. The number of amides is 2. The average molecular weight is 449 g/mol. The molecule has 0 bridgehead atoms. The van der Waals surface area contributed by atoms with Gasteiger partial charge in [-0.2, -0.15) is 0 Å². The molecule has 0 atom stereocenters. The van der Waals surface area contributed by atoms with Crippen molar-refractivity contribution in [2.45, 2.75) is 13.8 Å². The Labute approximate surface area is 173 Å². The van der Waals surface area contributed by atoms with E-state index in [0.717, 1.165) is 0 Å². The Balaban J connectivity index is 2.03. The van der Waals surface area contributed by atoms with Gasteiger partial charge in [-0.15, -0.1) is 0 Å². The van der Waals surface area contributed by atoms with E-state index in [1.165, 1.54) is 0 Å². The molecule has 2 rings (SSSR count). The van der Waals surface area contributed by atoms with E-state index in [4.69, 9.17) is 9.47 Å². The molecule has 6 nitrogen and oxygen atoms in total. The molecule has 2 aromatic carbocycles. The predicted octanol–water partition coefficient (Wildman–Crippen LogP) is 4.11. The first-order valence-electron chi connectivity index (χ1n) is 9.01. The van der Waals surface area contributed by atoms with Gasteiger partial charge in [0.15, 0.2) is 0 Å². The number of rotatable bonds is 9. The van der Waals surface area contributed by atoms with Gasteiger partial charge in [-0.25, -0.2) is 0 Å². The molecule has 150 valence electrons. The molecule has 2 N–H and O–H groups in total. The first-order chi connectivity index (χ1) is 13.4. The van der Waals surface area contributed by atoms with Crippen LogP contribution in [0.1, 0.15) is 34.6 Å². The molecule has 0 unspecified atom stereocenters. The van der Waals surface area contributed by atoms with Gasteiger partial charge in [-0.05, 0) is 58.2 Å². The molecule has 0 aliphatic heterocycles. The summed E-state index contributed by atoms with van der Waals surface area (Å²) in [7, 11) is 1.57. The van der Waals surface area contributed by atoms with Crippen LogP contribution in [0.2, 0.25) is 0 Å². The molecule has 0 saturated heterocycles. The SMILES string of the molecule is COCCNC(=O)c1cccc(NC(=O)c2ccc(OCC(C)C)c(Br)c2)c1. The maximum Gasteiger partial charge on any atom is 0.255 e. The fraction of sp³-hybridized carbons (Fsp3) is 0.333. The third-order valence-electron chi connectivity index (χ3n) is 3.74. The molecule has 28 heavy (non-hydrogen) atoms. The summed E-state index contributed by atoms with van der Waals surface area (Å²) in [5, 5.41) is 5.56. The summed E-state index contributed by atoms with van der Waals surface area (Å²) in [5.41, 5.74) is 1.49. The summed E-state index contributed by atoms with van der Waals surface area (Å²) in [5.74, 6) is 0.615. The Morgan fingerprint density at radius 2 is 1.82 bits per heavy atom. The van der Waals surface area contributed by atoms with Crippen LogP contribution in [0, 0.1) is 5.92 Å².